The Bertz CT molecular complexity index is 1130. The predicted molar refractivity (Wildman–Crippen MR) is 99.0 cm³/mol. The van der Waals surface area contributed by atoms with Crippen LogP contribution in [0.3, 0.4) is 0 Å². The van der Waals surface area contributed by atoms with Crippen LogP contribution in [-0.4, -0.2) is 45.6 Å². The van der Waals surface area contributed by atoms with Gasteiger partial charge >= 0.3 is 12.1 Å². The lowest BCUT2D eigenvalue weighted by molar-refractivity contribution is -0.159. The Balaban J connectivity index is 1.44. The van der Waals surface area contributed by atoms with Crippen LogP contribution >= 0.6 is 0 Å². The number of oxime groups is 1. The smallest absolute Gasteiger partial charge is 0.399 e. The van der Waals surface area contributed by atoms with Crippen molar-refractivity contribution in [2.45, 2.75) is 12.7 Å². The number of nitrogens with zero attached hydrogens (tertiary/aromatic N) is 6. The monoisotopic (exact) mass is 420 g/mol. The SMILES string of the molecule is CON=C1CN(c2cc(=O)n(Cc3ccc(-c4noc(C(F)(F)F)n4)cc3)cn2)C1. The predicted octanol–water partition coefficient (Wildman–Crippen LogP) is 2.18. The fourth-order valence-corrected chi connectivity index (χ4v) is 2.86. The van der Waals surface area contributed by atoms with E-state index >= 15 is 0 Å². The van der Waals surface area contributed by atoms with Gasteiger partial charge in [0.25, 0.3) is 5.56 Å². The highest BCUT2D eigenvalue weighted by atomic mass is 19.4. The molecular formula is C18H15F3N6O3. The average molecular weight is 420 g/mol. The van der Waals surface area contributed by atoms with Gasteiger partial charge in [0.2, 0.25) is 5.82 Å². The van der Waals surface area contributed by atoms with E-state index < -0.39 is 12.1 Å². The number of aromatic nitrogens is 4. The van der Waals surface area contributed by atoms with E-state index in [-0.39, 0.29) is 17.9 Å². The molecule has 0 spiro atoms. The second-order valence-electron chi connectivity index (χ2n) is 6.53. The minimum absolute atomic E-state index is 0.164. The molecule has 0 bridgehead atoms. The average Bonchev–Trinajstić information content (AvgIpc) is 3.17. The lowest BCUT2D eigenvalue weighted by atomic mass is 10.1. The minimum atomic E-state index is -4.69. The van der Waals surface area contributed by atoms with Crippen molar-refractivity contribution in [2.24, 2.45) is 5.16 Å². The van der Waals surface area contributed by atoms with Crippen LogP contribution in [0.4, 0.5) is 19.0 Å². The van der Waals surface area contributed by atoms with Crippen LogP contribution in [0.5, 0.6) is 0 Å². The summed E-state index contributed by atoms with van der Waals surface area (Å²) < 4.78 is 43.4. The Morgan fingerprint density at radius 1 is 1.23 bits per heavy atom. The van der Waals surface area contributed by atoms with Gasteiger partial charge in [-0.3, -0.25) is 9.36 Å². The second kappa shape index (κ2) is 7.61. The maximum Gasteiger partial charge on any atom is 0.471 e. The van der Waals surface area contributed by atoms with E-state index in [9.17, 15) is 18.0 Å². The van der Waals surface area contributed by atoms with E-state index in [0.717, 1.165) is 11.3 Å². The lowest BCUT2D eigenvalue weighted by Crippen LogP contribution is -2.48. The molecule has 156 valence electrons. The zero-order chi connectivity index (χ0) is 21.3. The van der Waals surface area contributed by atoms with Gasteiger partial charge in [0.05, 0.1) is 25.3 Å². The molecule has 1 saturated heterocycles. The molecule has 4 rings (SSSR count). The van der Waals surface area contributed by atoms with Gasteiger partial charge in [-0.1, -0.05) is 34.6 Å². The molecule has 12 heteroatoms. The van der Waals surface area contributed by atoms with Crippen molar-refractivity contribution in [2.75, 3.05) is 25.1 Å². The zero-order valence-electron chi connectivity index (χ0n) is 15.6. The number of anilines is 1. The van der Waals surface area contributed by atoms with Crippen molar-refractivity contribution in [1.82, 2.24) is 19.7 Å². The van der Waals surface area contributed by atoms with Crippen LogP contribution in [0.25, 0.3) is 11.4 Å². The van der Waals surface area contributed by atoms with E-state index in [2.05, 4.69) is 24.8 Å². The van der Waals surface area contributed by atoms with Gasteiger partial charge in [0.15, 0.2) is 0 Å². The van der Waals surface area contributed by atoms with Crippen molar-refractivity contribution in [3.63, 3.8) is 0 Å². The van der Waals surface area contributed by atoms with Gasteiger partial charge in [-0.05, 0) is 5.56 Å². The first-order valence-electron chi connectivity index (χ1n) is 8.74. The Morgan fingerprint density at radius 2 is 1.97 bits per heavy atom. The Labute approximate surface area is 167 Å². The first-order chi connectivity index (χ1) is 14.3. The fourth-order valence-electron chi connectivity index (χ4n) is 2.86. The molecule has 0 amide bonds. The highest BCUT2D eigenvalue weighted by Gasteiger charge is 2.38. The summed E-state index contributed by atoms with van der Waals surface area (Å²) in [5.41, 5.74) is 1.76. The molecule has 0 unspecified atom stereocenters. The third-order valence-electron chi connectivity index (χ3n) is 4.39. The number of hydrogen-bond donors (Lipinski definition) is 0. The van der Waals surface area contributed by atoms with Gasteiger partial charge in [0, 0.05) is 11.6 Å². The van der Waals surface area contributed by atoms with Crippen LogP contribution in [0.1, 0.15) is 11.5 Å². The molecule has 0 radical (unpaired) electrons. The molecule has 1 aliphatic heterocycles. The maximum absolute atomic E-state index is 12.6. The molecule has 3 aromatic rings. The van der Waals surface area contributed by atoms with Crippen LogP contribution in [0, 0.1) is 0 Å². The van der Waals surface area contributed by atoms with E-state index in [1.165, 1.54) is 24.1 Å². The number of halogens is 3. The highest BCUT2D eigenvalue weighted by molar-refractivity contribution is 5.99. The van der Waals surface area contributed by atoms with Crippen molar-refractivity contribution in [3.05, 3.63) is 58.5 Å². The van der Waals surface area contributed by atoms with Gasteiger partial charge in [-0.25, -0.2) is 4.98 Å². The molecule has 2 aromatic heterocycles. The third-order valence-corrected chi connectivity index (χ3v) is 4.39. The van der Waals surface area contributed by atoms with E-state index in [0.29, 0.717) is 24.5 Å². The first-order valence-corrected chi connectivity index (χ1v) is 8.74. The van der Waals surface area contributed by atoms with Crippen LogP contribution < -0.4 is 10.5 Å². The molecule has 0 aliphatic carbocycles. The molecule has 30 heavy (non-hydrogen) atoms. The third kappa shape index (κ3) is 4.02. The Morgan fingerprint density at radius 3 is 2.57 bits per heavy atom. The quantitative estimate of drug-likeness (QED) is 0.584. The number of benzene rings is 1. The number of alkyl halides is 3. The normalized spacial score (nSPS) is 13.9. The molecule has 1 aliphatic rings. The number of rotatable bonds is 5. The number of hydrogen-bond acceptors (Lipinski definition) is 8. The second-order valence-corrected chi connectivity index (χ2v) is 6.53. The van der Waals surface area contributed by atoms with Crippen LogP contribution in [0.2, 0.25) is 0 Å². The van der Waals surface area contributed by atoms with E-state index in [1.54, 1.807) is 24.3 Å². The summed E-state index contributed by atoms with van der Waals surface area (Å²) >= 11 is 0. The summed E-state index contributed by atoms with van der Waals surface area (Å²) in [6.07, 6.45) is -3.24. The Hall–Kier alpha value is -3.70. The molecule has 9 nitrogen and oxygen atoms in total. The summed E-state index contributed by atoms with van der Waals surface area (Å²) in [7, 11) is 1.48. The van der Waals surface area contributed by atoms with Crippen LogP contribution in [0.15, 0.2) is 51.1 Å². The molecule has 0 atom stereocenters. The van der Waals surface area contributed by atoms with Crippen molar-refractivity contribution >= 4 is 11.5 Å². The molecule has 1 fully saturated rings. The minimum Gasteiger partial charge on any atom is -0.399 e. The summed E-state index contributed by atoms with van der Waals surface area (Å²) in [5, 5.41) is 7.18. The van der Waals surface area contributed by atoms with E-state index in [1.807, 2.05) is 4.90 Å². The lowest BCUT2D eigenvalue weighted by Gasteiger charge is -2.32. The summed E-state index contributed by atoms with van der Waals surface area (Å²) in [5.74, 6) is -1.01. The summed E-state index contributed by atoms with van der Waals surface area (Å²) in [6.45, 7) is 1.36. The topological polar surface area (TPSA) is 98.6 Å². The van der Waals surface area contributed by atoms with E-state index in [4.69, 9.17) is 4.84 Å². The summed E-state index contributed by atoms with van der Waals surface area (Å²) in [6, 6.07) is 7.90. The molecule has 3 heterocycles. The van der Waals surface area contributed by atoms with Gasteiger partial charge in [-0.15, -0.1) is 0 Å². The zero-order valence-corrected chi connectivity index (χ0v) is 15.6. The maximum atomic E-state index is 12.6. The molecular weight excluding hydrogens is 405 g/mol. The largest absolute Gasteiger partial charge is 0.471 e. The van der Waals surface area contributed by atoms with Crippen molar-refractivity contribution in [3.8, 4) is 11.4 Å². The summed E-state index contributed by atoms with van der Waals surface area (Å²) in [4.78, 5) is 26.6. The fraction of sp³-hybridized carbons (Fsp3) is 0.278. The van der Waals surface area contributed by atoms with Gasteiger partial charge in [-0.2, -0.15) is 18.2 Å². The Kier molecular flexibility index (Phi) is 4.98. The van der Waals surface area contributed by atoms with Gasteiger partial charge in [0.1, 0.15) is 19.3 Å². The molecule has 0 saturated carbocycles. The molecule has 0 N–H and O–H groups in total. The van der Waals surface area contributed by atoms with Crippen LogP contribution in [-0.2, 0) is 17.6 Å². The van der Waals surface area contributed by atoms with Crippen molar-refractivity contribution in [1.29, 1.82) is 0 Å². The first kappa shape index (κ1) is 19.6. The molecule has 1 aromatic carbocycles. The highest BCUT2D eigenvalue weighted by Crippen LogP contribution is 2.29. The standard InChI is InChI=1S/C18H15F3N6O3/c1-29-24-13-8-26(9-13)14-6-15(28)27(10-22-14)7-11-2-4-12(5-3-11)16-23-17(30-25-16)18(19,20)21/h2-6,10H,7-9H2,1H3. The van der Waals surface area contributed by atoms with Gasteiger partial charge < -0.3 is 14.3 Å². The van der Waals surface area contributed by atoms with Crippen molar-refractivity contribution < 1.29 is 22.5 Å².